The van der Waals surface area contributed by atoms with Crippen LogP contribution in [0.5, 0.6) is 5.75 Å². The fourth-order valence-corrected chi connectivity index (χ4v) is 2.33. The van der Waals surface area contributed by atoms with Crippen molar-refractivity contribution in [2.75, 3.05) is 6.61 Å². The summed E-state index contributed by atoms with van der Waals surface area (Å²) in [5.74, 6) is 0.996. The Morgan fingerprint density at radius 2 is 1.72 bits per heavy atom. The van der Waals surface area contributed by atoms with E-state index in [0.29, 0.717) is 0 Å². The van der Waals surface area contributed by atoms with Gasteiger partial charge in [-0.15, -0.1) is 0 Å². The minimum Gasteiger partial charge on any atom is -0.493 e. The Kier molecular flexibility index (Phi) is 2.51. The van der Waals surface area contributed by atoms with Crippen molar-refractivity contribution in [2.24, 2.45) is 0 Å². The largest absolute Gasteiger partial charge is 0.494 e. The van der Waals surface area contributed by atoms with E-state index in [9.17, 15) is 0 Å². The van der Waals surface area contributed by atoms with Crippen molar-refractivity contribution in [2.45, 2.75) is 45.3 Å². The molecule has 96 valence electrons. The predicted octanol–water partition coefficient (Wildman–Crippen LogP) is 1.92. The molecule has 0 radical (unpaired) electrons. The first kappa shape index (κ1) is 12.1. The van der Waals surface area contributed by atoms with Crippen LogP contribution < -0.4 is 10.2 Å². The van der Waals surface area contributed by atoms with Crippen LogP contribution in [0, 0.1) is 0 Å². The molecule has 0 bridgehead atoms. The highest BCUT2D eigenvalue weighted by atomic mass is 16.7. The molecule has 1 aromatic carbocycles. The number of fused-ring (bicyclic) bond motifs is 1. The topological polar surface area (TPSA) is 27.7 Å². The third-order valence-corrected chi connectivity index (χ3v) is 4.24. The molecule has 1 fully saturated rings. The number of ether oxygens (including phenoxy) is 1. The molecule has 18 heavy (non-hydrogen) atoms. The molecule has 2 heterocycles. The van der Waals surface area contributed by atoms with Gasteiger partial charge in [-0.05, 0) is 44.8 Å². The second kappa shape index (κ2) is 3.75. The number of benzene rings is 1. The van der Waals surface area contributed by atoms with E-state index in [1.165, 1.54) is 5.56 Å². The van der Waals surface area contributed by atoms with Crippen molar-refractivity contribution in [1.82, 2.24) is 0 Å². The zero-order chi connectivity index (χ0) is 13.0. The second-order valence-corrected chi connectivity index (χ2v) is 6.05. The quantitative estimate of drug-likeness (QED) is 0.708. The van der Waals surface area contributed by atoms with Crippen LogP contribution in [0.25, 0.3) is 0 Å². The molecule has 1 saturated heterocycles. The molecule has 1 aromatic rings. The molecule has 3 nitrogen and oxygen atoms in total. The smallest absolute Gasteiger partial charge is 0.493 e. The van der Waals surface area contributed by atoms with Crippen LogP contribution in [0.1, 0.15) is 33.3 Å². The van der Waals surface area contributed by atoms with Crippen LogP contribution in [0.2, 0.25) is 0 Å². The molecular weight excluding hydrogens is 227 g/mol. The minimum atomic E-state index is -0.285. The third-order valence-electron chi connectivity index (χ3n) is 4.24. The SMILES string of the molecule is CC1(C)OB(c2ccc3c(c2)CCO3)OC1(C)C. The zero-order valence-electron chi connectivity index (χ0n) is 11.4. The van der Waals surface area contributed by atoms with Gasteiger partial charge in [0.1, 0.15) is 5.75 Å². The van der Waals surface area contributed by atoms with Gasteiger partial charge in [-0.25, -0.2) is 0 Å². The Balaban J connectivity index is 1.89. The van der Waals surface area contributed by atoms with Crippen molar-refractivity contribution >= 4 is 12.6 Å². The summed E-state index contributed by atoms with van der Waals surface area (Å²) in [6, 6.07) is 6.19. The van der Waals surface area contributed by atoms with Gasteiger partial charge in [0.25, 0.3) is 0 Å². The Labute approximate surface area is 109 Å². The fourth-order valence-electron chi connectivity index (χ4n) is 2.33. The third kappa shape index (κ3) is 1.75. The summed E-state index contributed by atoms with van der Waals surface area (Å²) in [6.07, 6.45) is 0.975. The molecule has 3 rings (SSSR count). The van der Waals surface area contributed by atoms with E-state index in [1.807, 2.05) is 12.1 Å². The van der Waals surface area contributed by atoms with E-state index >= 15 is 0 Å². The Morgan fingerprint density at radius 1 is 1.06 bits per heavy atom. The van der Waals surface area contributed by atoms with Crippen molar-refractivity contribution in [3.63, 3.8) is 0 Å². The van der Waals surface area contributed by atoms with E-state index in [4.69, 9.17) is 14.0 Å². The van der Waals surface area contributed by atoms with Gasteiger partial charge in [-0.3, -0.25) is 0 Å². The molecule has 0 saturated carbocycles. The molecule has 2 aliphatic heterocycles. The normalized spacial score (nSPS) is 23.9. The van der Waals surface area contributed by atoms with Gasteiger partial charge in [0.05, 0.1) is 17.8 Å². The highest BCUT2D eigenvalue weighted by molar-refractivity contribution is 6.62. The van der Waals surface area contributed by atoms with Crippen molar-refractivity contribution in [3.8, 4) is 5.75 Å². The Bertz CT molecular complexity index is 466. The van der Waals surface area contributed by atoms with E-state index in [0.717, 1.165) is 24.2 Å². The second-order valence-electron chi connectivity index (χ2n) is 6.05. The van der Waals surface area contributed by atoms with Gasteiger partial charge < -0.3 is 14.0 Å². The lowest BCUT2D eigenvalue weighted by molar-refractivity contribution is 0.00578. The van der Waals surface area contributed by atoms with Crippen LogP contribution in [-0.4, -0.2) is 24.9 Å². The highest BCUT2D eigenvalue weighted by Crippen LogP contribution is 2.36. The summed E-state index contributed by atoms with van der Waals surface area (Å²) in [5.41, 5.74) is 1.76. The maximum atomic E-state index is 6.05. The lowest BCUT2D eigenvalue weighted by Gasteiger charge is -2.32. The van der Waals surface area contributed by atoms with Gasteiger partial charge in [-0.2, -0.15) is 0 Å². The molecule has 0 aromatic heterocycles. The monoisotopic (exact) mass is 246 g/mol. The summed E-state index contributed by atoms with van der Waals surface area (Å²) in [4.78, 5) is 0. The van der Waals surface area contributed by atoms with Gasteiger partial charge in [0, 0.05) is 6.42 Å². The summed E-state index contributed by atoms with van der Waals surface area (Å²) < 4.78 is 17.6. The molecule has 0 amide bonds. The number of hydrogen-bond donors (Lipinski definition) is 0. The first-order valence-corrected chi connectivity index (χ1v) is 6.50. The van der Waals surface area contributed by atoms with Crippen LogP contribution in [0.4, 0.5) is 0 Å². The molecule has 4 heteroatoms. The van der Waals surface area contributed by atoms with Gasteiger partial charge in [0.15, 0.2) is 0 Å². The summed E-state index contributed by atoms with van der Waals surface area (Å²) >= 11 is 0. The average Bonchev–Trinajstić information content (AvgIpc) is 2.80. The maximum Gasteiger partial charge on any atom is 0.494 e. The molecule has 0 spiro atoms. The summed E-state index contributed by atoms with van der Waals surface area (Å²) in [5, 5.41) is 0. The standard InChI is InChI=1S/C14H19BO3/c1-13(2)14(3,4)18-15(17-13)11-5-6-12-10(9-11)7-8-16-12/h5-6,9H,7-8H2,1-4H3. The molecule has 2 aliphatic rings. The van der Waals surface area contributed by atoms with Gasteiger partial charge in [0.2, 0.25) is 0 Å². The van der Waals surface area contributed by atoms with Crippen molar-refractivity contribution in [1.29, 1.82) is 0 Å². The van der Waals surface area contributed by atoms with Crippen molar-refractivity contribution in [3.05, 3.63) is 23.8 Å². The maximum absolute atomic E-state index is 6.05. The predicted molar refractivity (Wildman–Crippen MR) is 71.4 cm³/mol. The molecule has 0 N–H and O–H groups in total. The van der Waals surface area contributed by atoms with Gasteiger partial charge in [-0.1, -0.05) is 12.1 Å². The van der Waals surface area contributed by atoms with E-state index in [1.54, 1.807) is 0 Å². The van der Waals surface area contributed by atoms with Crippen LogP contribution in [0.15, 0.2) is 18.2 Å². The van der Waals surface area contributed by atoms with E-state index in [-0.39, 0.29) is 18.3 Å². The summed E-state index contributed by atoms with van der Waals surface area (Å²) in [7, 11) is -0.277. The van der Waals surface area contributed by atoms with E-state index < -0.39 is 0 Å². The molecule has 0 unspecified atom stereocenters. The van der Waals surface area contributed by atoms with Crippen molar-refractivity contribution < 1.29 is 14.0 Å². The Hall–Kier alpha value is -0.995. The lowest BCUT2D eigenvalue weighted by Crippen LogP contribution is -2.41. The fraction of sp³-hybridized carbons (Fsp3) is 0.571. The van der Waals surface area contributed by atoms with Crippen LogP contribution >= 0.6 is 0 Å². The number of hydrogen-bond acceptors (Lipinski definition) is 3. The first-order valence-electron chi connectivity index (χ1n) is 6.50. The van der Waals surface area contributed by atoms with Crippen LogP contribution in [0.3, 0.4) is 0 Å². The lowest BCUT2D eigenvalue weighted by atomic mass is 9.78. The van der Waals surface area contributed by atoms with Crippen LogP contribution in [-0.2, 0) is 15.7 Å². The minimum absolute atomic E-state index is 0.277. The molecule has 0 aliphatic carbocycles. The highest BCUT2D eigenvalue weighted by Gasteiger charge is 2.51. The first-order chi connectivity index (χ1) is 8.39. The van der Waals surface area contributed by atoms with Gasteiger partial charge >= 0.3 is 7.12 Å². The molecular formula is C14H19BO3. The Morgan fingerprint density at radius 3 is 2.39 bits per heavy atom. The summed E-state index contributed by atoms with van der Waals surface area (Å²) in [6.45, 7) is 9.07. The van der Waals surface area contributed by atoms with E-state index in [2.05, 4.69) is 33.8 Å². The molecule has 0 atom stereocenters. The zero-order valence-corrected chi connectivity index (χ0v) is 11.4. The average molecular weight is 246 g/mol. The number of rotatable bonds is 1.